The van der Waals surface area contributed by atoms with Crippen molar-refractivity contribution in [1.82, 2.24) is 5.32 Å². The highest BCUT2D eigenvalue weighted by molar-refractivity contribution is 4.84. The zero-order chi connectivity index (χ0) is 13.7. The largest absolute Gasteiger partial charge is 0.320 e. The van der Waals surface area contributed by atoms with E-state index in [-0.39, 0.29) is 0 Å². The fraction of sp³-hybridized carbons (Fsp3) is 1.00. The van der Waals surface area contributed by atoms with Crippen LogP contribution in [0, 0.1) is 22.7 Å². The molecule has 0 saturated heterocycles. The van der Waals surface area contributed by atoms with Gasteiger partial charge in [-0.05, 0) is 49.1 Å². The Morgan fingerprint density at radius 3 is 1.76 bits per heavy atom. The molecule has 0 heterocycles. The van der Waals surface area contributed by atoms with E-state index in [1.54, 1.807) is 0 Å². The molecule has 2 atom stereocenters. The minimum Gasteiger partial charge on any atom is -0.320 e. The van der Waals surface area contributed by atoms with Crippen LogP contribution < -0.4 is 5.32 Å². The van der Waals surface area contributed by atoms with Crippen molar-refractivity contribution in [2.75, 3.05) is 13.6 Å². The quantitative estimate of drug-likeness (QED) is 0.663. The fourth-order valence-electron chi connectivity index (χ4n) is 2.70. The molecule has 0 aliphatic carbocycles. The molecule has 1 nitrogen and oxygen atoms in total. The van der Waals surface area contributed by atoms with Crippen LogP contribution in [0.4, 0.5) is 0 Å². The molecule has 104 valence electrons. The first-order valence-electron chi connectivity index (χ1n) is 7.25. The van der Waals surface area contributed by atoms with Crippen LogP contribution in [0.3, 0.4) is 0 Å². The van der Waals surface area contributed by atoms with Gasteiger partial charge in [-0.1, -0.05) is 54.9 Å². The summed E-state index contributed by atoms with van der Waals surface area (Å²) in [6.07, 6.45) is 4.02. The van der Waals surface area contributed by atoms with E-state index in [2.05, 4.69) is 53.8 Å². The Labute approximate surface area is 110 Å². The summed E-state index contributed by atoms with van der Waals surface area (Å²) in [5, 5.41) is 3.24. The average Bonchev–Trinajstić information content (AvgIpc) is 2.13. The van der Waals surface area contributed by atoms with Crippen molar-refractivity contribution in [3.05, 3.63) is 0 Å². The topological polar surface area (TPSA) is 12.0 Å². The van der Waals surface area contributed by atoms with Gasteiger partial charge in [0.15, 0.2) is 0 Å². The summed E-state index contributed by atoms with van der Waals surface area (Å²) in [4.78, 5) is 0. The van der Waals surface area contributed by atoms with E-state index < -0.39 is 0 Å². The van der Waals surface area contributed by atoms with Crippen molar-refractivity contribution in [1.29, 1.82) is 0 Å². The van der Waals surface area contributed by atoms with Crippen LogP contribution in [-0.2, 0) is 0 Å². The lowest BCUT2D eigenvalue weighted by Crippen LogP contribution is -2.34. The Kier molecular flexibility index (Phi) is 6.76. The minimum atomic E-state index is 0.418. The first-order valence-corrected chi connectivity index (χ1v) is 7.25. The summed E-state index contributed by atoms with van der Waals surface area (Å²) >= 11 is 0. The Hall–Kier alpha value is -0.0400. The SMILES string of the molecule is CNCCCCC(C(C)C(C)(C)C)C(C)(C)C. The molecule has 2 unspecified atom stereocenters. The van der Waals surface area contributed by atoms with Crippen molar-refractivity contribution in [2.24, 2.45) is 22.7 Å². The van der Waals surface area contributed by atoms with Crippen molar-refractivity contribution in [3.8, 4) is 0 Å². The summed E-state index contributed by atoms with van der Waals surface area (Å²) in [5.74, 6) is 1.59. The summed E-state index contributed by atoms with van der Waals surface area (Å²) in [5.41, 5.74) is 0.841. The van der Waals surface area contributed by atoms with Crippen LogP contribution in [0.5, 0.6) is 0 Å². The zero-order valence-corrected chi connectivity index (χ0v) is 13.5. The van der Waals surface area contributed by atoms with E-state index in [9.17, 15) is 0 Å². The second-order valence-corrected chi connectivity index (χ2v) is 7.73. The molecule has 0 fully saturated rings. The van der Waals surface area contributed by atoms with E-state index in [1.807, 2.05) is 7.05 Å². The van der Waals surface area contributed by atoms with Crippen LogP contribution >= 0.6 is 0 Å². The van der Waals surface area contributed by atoms with Crippen LogP contribution in [0.25, 0.3) is 0 Å². The number of nitrogens with one attached hydrogen (secondary N) is 1. The van der Waals surface area contributed by atoms with Gasteiger partial charge >= 0.3 is 0 Å². The lowest BCUT2D eigenvalue weighted by molar-refractivity contribution is 0.0753. The van der Waals surface area contributed by atoms with Gasteiger partial charge in [0.2, 0.25) is 0 Å². The smallest absolute Gasteiger partial charge is 0.00519 e. The predicted octanol–water partition coefficient (Wildman–Crippen LogP) is 4.72. The Balaban J connectivity index is 4.46. The monoisotopic (exact) mass is 241 g/mol. The Morgan fingerprint density at radius 2 is 1.41 bits per heavy atom. The van der Waals surface area contributed by atoms with Gasteiger partial charge in [0, 0.05) is 0 Å². The maximum absolute atomic E-state index is 3.24. The minimum absolute atomic E-state index is 0.418. The molecule has 0 saturated carbocycles. The maximum Gasteiger partial charge on any atom is -0.00519 e. The standard InChI is InChI=1S/C16H35N/c1-13(15(2,3)4)14(16(5,6)7)11-9-10-12-17-8/h13-14,17H,9-12H2,1-8H3. The summed E-state index contributed by atoms with van der Waals surface area (Å²) < 4.78 is 0. The molecule has 0 spiro atoms. The van der Waals surface area contributed by atoms with Crippen LogP contribution in [0.15, 0.2) is 0 Å². The van der Waals surface area contributed by atoms with Crippen molar-refractivity contribution >= 4 is 0 Å². The molecule has 0 aromatic rings. The molecule has 0 aromatic carbocycles. The highest BCUT2D eigenvalue weighted by Crippen LogP contribution is 2.43. The van der Waals surface area contributed by atoms with Crippen LogP contribution in [0.2, 0.25) is 0 Å². The number of hydrogen-bond donors (Lipinski definition) is 1. The molecule has 1 heteroatoms. The van der Waals surface area contributed by atoms with E-state index in [4.69, 9.17) is 0 Å². The molecular weight excluding hydrogens is 206 g/mol. The lowest BCUT2D eigenvalue weighted by Gasteiger charge is -2.42. The molecule has 0 aromatic heterocycles. The third-order valence-corrected chi connectivity index (χ3v) is 4.27. The summed E-state index contributed by atoms with van der Waals surface area (Å²) in [6.45, 7) is 17.9. The molecule has 0 aliphatic heterocycles. The van der Waals surface area contributed by atoms with Crippen molar-refractivity contribution in [3.63, 3.8) is 0 Å². The number of rotatable bonds is 6. The van der Waals surface area contributed by atoms with Gasteiger partial charge in [-0.15, -0.1) is 0 Å². The number of hydrogen-bond acceptors (Lipinski definition) is 1. The molecule has 0 bridgehead atoms. The average molecular weight is 241 g/mol. The lowest BCUT2D eigenvalue weighted by atomic mass is 9.63. The van der Waals surface area contributed by atoms with E-state index in [0.29, 0.717) is 10.8 Å². The first kappa shape index (κ1) is 17.0. The van der Waals surface area contributed by atoms with Crippen molar-refractivity contribution in [2.45, 2.75) is 67.7 Å². The third-order valence-electron chi connectivity index (χ3n) is 4.27. The Morgan fingerprint density at radius 1 is 0.882 bits per heavy atom. The van der Waals surface area contributed by atoms with Gasteiger partial charge in [-0.25, -0.2) is 0 Å². The van der Waals surface area contributed by atoms with Gasteiger partial charge in [-0.2, -0.15) is 0 Å². The van der Waals surface area contributed by atoms with Gasteiger partial charge in [0.05, 0.1) is 0 Å². The van der Waals surface area contributed by atoms with Crippen molar-refractivity contribution < 1.29 is 0 Å². The second kappa shape index (κ2) is 6.78. The molecule has 17 heavy (non-hydrogen) atoms. The van der Waals surface area contributed by atoms with Crippen LogP contribution in [0.1, 0.15) is 67.7 Å². The normalized spacial score (nSPS) is 16.9. The molecule has 0 radical (unpaired) electrons. The molecular formula is C16H35N. The van der Waals surface area contributed by atoms with E-state index in [1.165, 1.54) is 19.3 Å². The van der Waals surface area contributed by atoms with Crippen LogP contribution in [-0.4, -0.2) is 13.6 Å². The second-order valence-electron chi connectivity index (χ2n) is 7.73. The van der Waals surface area contributed by atoms with E-state index in [0.717, 1.165) is 18.4 Å². The zero-order valence-electron chi connectivity index (χ0n) is 13.5. The van der Waals surface area contributed by atoms with Gasteiger partial charge in [-0.3, -0.25) is 0 Å². The maximum atomic E-state index is 3.24. The number of unbranched alkanes of at least 4 members (excludes halogenated alkanes) is 1. The highest BCUT2D eigenvalue weighted by atomic mass is 14.8. The highest BCUT2D eigenvalue weighted by Gasteiger charge is 2.35. The molecule has 0 rings (SSSR count). The summed E-state index contributed by atoms with van der Waals surface area (Å²) in [6, 6.07) is 0. The van der Waals surface area contributed by atoms with Gasteiger partial charge < -0.3 is 5.32 Å². The predicted molar refractivity (Wildman–Crippen MR) is 79.3 cm³/mol. The summed E-state index contributed by atoms with van der Waals surface area (Å²) in [7, 11) is 2.04. The van der Waals surface area contributed by atoms with Gasteiger partial charge in [0.1, 0.15) is 0 Å². The fourth-order valence-corrected chi connectivity index (χ4v) is 2.70. The van der Waals surface area contributed by atoms with Gasteiger partial charge in [0.25, 0.3) is 0 Å². The van der Waals surface area contributed by atoms with E-state index >= 15 is 0 Å². The molecule has 0 amide bonds. The third kappa shape index (κ3) is 6.45. The Bertz CT molecular complexity index is 195. The molecule has 0 aliphatic rings. The first-order chi connectivity index (χ1) is 7.60. The molecule has 1 N–H and O–H groups in total.